The minimum Gasteiger partial charge on any atom is -0.478 e. The van der Waals surface area contributed by atoms with E-state index in [1.54, 1.807) is 7.05 Å². The number of hydrogen-bond acceptors (Lipinski definition) is 4. The Balaban J connectivity index is 2.59. The van der Waals surface area contributed by atoms with Crippen LogP contribution in [0.3, 0.4) is 0 Å². The molecule has 2 aromatic rings. The highest BCUT2D eigenvalue weighted by Gasteiger charge is 2.38. The molecule has 0 atom stereocenters. The maximum Gasteiger partial charge on any atom is 0.434 e. The molecule has 0 bridgehead atoms. The van der Waals surface area contributed by atoms with E-state index in [1.165, 1.54) is 17.1 Å². The van der Waals surface area contributed by atoms with Gasteiger partial charge >= 0.3 is 12.1 Å². The van der Waals surface area contributed by atoms with Crippen molar-refractivity contribution < 1.29 is 23.1 Å². The molecule has 0 aromatic carbocycles. The van der Waals surface area contributed by atoms with Gasteiger partial charge in [0.15, 0.2) is 11.5 Å². The van der Waals surface area contributed by atoms with E-state index in [9.17, 15) is 18.0 Å². The molecule has 2 heterocycles. The van der Waals surface area contributed by atoms with Crippen molar-refractivity contribution in [2.75, 3.05) is 0 Å². The van der Waals surface area contributed by atoms with Crippen molar-refractivity contribution in [1.29, 1.82) is 0 Å². The molecule has 0 aliphatic carbocycles. The zero-order chi connectivity index (χ0) is 14.2. The van der Waals surface area contributed by atoms with Gasteiger partial charge in [-0.25, -0.2) is 14.8 Å². The van der Waals surface area contributed by atoms with Gasteiger partial charge in [-0.2, -0.15) is 18.3 Å². The van der Waals surface area contributed by atoms with E-state index < -0.39 is 23.4 Å². The first-order valence-electron chi connectivity index (χ1n) is 4.95. The third-order valence-corrected chi connectivity index (χ3v) is 2.25. The van der Waals surface area contributed by atoms with Crippen LogP contribution in [0.1, 0.15) is 16.1 Å². The van der Waals surface area contributed by atoms with Gasteiger partial charge in [-0.15, -0.1) is 0 Å². The Kier molecular flexibility index (Phi) is 2.97. The number of halogens is 3. The van der Waals surface area contributed by atoms with Crippen molar-refractivity contribution in [1.82, 2.24) is 19.7 Å². The number of alkyl halides is 3. The number of nitrogens with zero attached hydrogens (tertiary/aromatic N) is 4. The molecule has 0 unspecified atom stereocenters. The van der Waals surface area contributed by atoms with E-state index in [1.807, 2.05) is 0 Å². The normalized spacial score (nSPS) is 11.6. The Morgan fingerprint density at radius 2 is 2.05 bits per heavy atom. The summed E-state index contributed by atoms with van der Waals surface area (Å²) < 4.78 is 39.6. The minimum absolute atomic E-state index is 0.231. The fourth-order valence-corrected chi connectivity index (χ4v) is 1.43. The molecule has 0 saturated heterocycles. The van der Waals surface area contributed by atoms with Gasteiger partial charge in [0.2, 0.25) is 0 Å². The summed E-state index contributed by atoms with van der Waals surface area (Å²) in [6.45, 7) is 0. The largest absolute Gasteiger partial charge is 0.478 e. The minimum atomic E-state index is -4.87. The summed E-state index contributed by atoms with van der Waals surface area (Å²) >= 11 is 0. The molecule has 6 nitrogen and oxygen atoms in total. The lowest BCUT2D eigenvalue weighted by Gasteiger charge is -2.09. The molecule has 2 rings (SSSR count). The molecule has 0 aliphatic heterocycles. The first-order valence-corrected chi connectivity index (χ1v) is 4.95. The van der Waals surface area contributed by atoms with Gasteiger partial charge in [0.1, 0.15) is 5.56 Å². The lowest BCUT2D eigenvalue weighted by Crippen LogP contribution is -2.16. The highest BCUT2D eigenvalue weighted by molar-refractivity contribution is 5.88. The van der Waals surface area contributed by atoms with Crippen molar-refractivity contribution in [3.8, 4) is 11.4 Å². The second kappa shape index (κ2) is 4.34. The van der Waals surface area contributed by atoms with Gasteiger partial charge in [0.05, 0.1) is 11.8 Å². The van der Waals surface area contributed by atoms with Gasteiger partial charge in [-0.3, -0.25) is 4.68 Å². The standard InChI is InChI=1S/C10H7F3N4O2/c1-17-4-5(2-15-17)8-14-3-6(9(18)19)7(16-8)10(11,12)13/h2-4H,1H3,(H,18,19). The number of aromatic carboxylic acids is 1. The van der Waals surface area contributed by atoms with E-state index in [2.05, 4.69) is 15.1 Å². The average Bonchev–Trinajstić information content (AvgIpc) is 2.74. The molecule has 100 valence electrons. The molecule has 0 fully saturated rings. The van der Waals surface area contributed by atoms with E-state index in [0.29, 0.717) is 6.20 Å². The highest BCUT2D eigenvalue weighted by Crippen LogP contribution is 2.31. The monoisotopic (exact) mass is 272 g/mol. The molecule has 1 N–H and O–H groups in total. The number of aryl methyl sites for hydroxylation is 1. The second-order valence-corrected chi connectivity index (χ2v) is 3.66. The fourth-order valence-electron chi connectivity index (χ4n) is 1.43. The van der Waals surface area contributed by atoms with Crippen molar-refractivity contribution in [2.24, 2.45) is 7.05 Å². The SMILES string of the molecule is Cn1cc(-c2ncc(C(=O)O)c(C(F)(F)F)n2)cn1. The predicted octanol–water partition coefficient (Wildman–Crippen LogP) is 1.59. The van der Waals surface area contributed by atoms with E-state index >= 15 is 0 Å². The van der Waals surface area contributed by atoms with Gasteiger partial charge < -0.3 is 5.11 Å². The van der Waals surface area contributed by atoms with E-state index in [0.717, 1.165) is 0 Å². The zero-order valence-corrected chi connectivity index (χ0v) is 9.51. The van der Waals surface area contributed by atoms with Crippen LogP contribution >= 0.6 is 0 Å². The van der Waals surface area contributed by atoms with Gasteiger partial charge in [-0.1, -0.05) is 0 Å². The molecule has 2 aromatic heterocycles. The maximum atomic E-state index is 12.7. The average molecular weight is 272 g/mol. The molecule has 0 saturated carbocycles. The molecule has 0 spiro atoms. The van der Waals surface area contributed by atoms with Crippen LogP contribution in [0.2, 0.25) is 0 Å². The second-order valence-electron chi connectivity index (χ2n) is 3.66. The highest BCUT2D eigenvalue weighted by atomic mass is 19.4. The van der Waals surface area contributed by atoms with Crippen LogP contribution in [0.25, 0.3) is 11.4 Å². The van der Waals surface area contributed by atoms with Gasteiger partial charge in [0, 0.05) is 19.4 Å². The summed E-state index contributed by atoms with van der Waals surface area (Å²) in [7, 11) is 1.58. The van der Waals surface area contributed by atoms with Crippen LogP contribution in [-0.2, 0) is 13.2 Å². The quantitative estimate of drug-likeness (QED) is 0.897. The number of rotatable bonds is 2. The summed E-state index contributed by atoms with van der Waals surface area (Å²) in [5, 5.41) is 12.5. The number of carbonyl (C=O) groups is 1. The molecule has 19 heavy (non-hydrogen) atoms. The lowest BCUT2D eigenvalue weighted by molar-refractivity contribution is -0.141. The van der Waals surface area contributed by atoms with Crippen molar-refractivity contribution in [3.63, 3.8) is 0 Å². The summed E-state index contributed by atoms with van der Waals surface area (Å²) in [6, 6.07) is 0. The maximum absolute atomic E-state index is 12.7. The van der Waals surface area contributed by atoms with E-state index in [-0.39, 0.29) is 11.4 Å². The molecule has 9 heteroatoms. The lowest BCUT2D eigenvalue weighted by atomic mass is 10.2. The number of aromatic nitrogens is 4. The number of hydrogen-bond donors (Lipinski definition) is 1. The Bertz CT molecular complexity index is 636. The summed E-state index contributed by atoms with van der Waals surface area (Å²) in [5.41, 5.74) is -2.20. The first-order chi connectivity index (χ1) is 8.79. The number of carboxylic acids is 1. The smallest absolute Gasteiger partial charge is 0.434 e. The van der Waals surface area contributed by atoms with Crippen LogP contribution in [0.5, 0.6) is 0 Å². The predicted molar refractivity (Wildman–Crippen MR) is 56.2 cm³/mol. The van der Waals surface area contributed by atoms with Crippen LogP contribution in [-0.4, -0.2) is 30.8 Å². The molecule has 0 aliphatic rings. The zero-order valence-electron chi connectivity index (χ0n) is 9.51. The Morgan fingerprint density at radius 3 is 2.53 bits per heavy atom. The molecular formula is C10H7F3N4O2. The Hall–Kier alpha value is -2.45. The molecule has 0 radical (unpaired) electrons. The van der Waals surface area contributed by atoms with Crippen LogP contribution in [0.4, 0.5) is 13.2 Å². The number of carboxylic acid groups (broad SMARTS) is 1. The molecular weight excluding hydrogens is 265 g/mol. The summed E-state index contributed by atoms with van der Waals surface area (Å²) in [4.78, 5) is 17.6. The Morgan fingerprint density at radius 1 is 1.37 bits per heavy atom. The van der Waals surface area contributed by atoms with E-state index in [4.69, 9.17) is 5.11 Å². The summed E-state index contributed by atoms with van der Waals surface area (Å²) in [5.74, 6) is -1.96. The summed E-state index contributed by atoms with van der Waals surface area (Å²) in [6.07, 6.45) is -1.51. The van der Waals surface area contributed by atoms with Crippen LogP contribution in [0.15, 0.2) is 18.6 Å². The topological polar surface area (TPSA) is 80.9 Å². The van der Waals surface area contributed by atoms with Crippen molar-refractivity contribution >= 4 is 5.97 Å². The Labute approximate surface area is 104 Å². The fraction of sp³-hybridized carbons (Fsp3) is 0.200. The van der Waals surface area contributed by atoms with Crippen LogP contribution in [0, 0.1) is 0 Å². The van der Waals surface area contributed by atoms with Crippen LogP contribution < -0.4 is 0 Å². The van der Waals surface area contributed by atoms with Crippen molar-refractivity contribution in [3.05, 3.63) is 29.8 Å². The third-order valence-electron chi connectivity index (χ3n) is 2.25. The van der Waals surface area contributed by atoms with Crippen molar-refractivity contribution in [2.45, 2.75) is 6.18 Å². The molecule has 0 amide bonds. The first kappa shape index (κ1) is 13.0. The van der Waals surface area contributed by atoms with Gasteiger partial charge in [0.25, 0.3) is 0 Å². The van der Waals surface area contributed by atoms with Gasteiger partial charge in [-0.05, 0) is 0 Å². The third kappa shape index (κ3) is 2.54.